The van der Waals surface area contributed by atoms with Crippen LogP contribution in [-0.2, 0) is 21.2 Å². The summed E-state index contributed by atoms with van der Waals surface area (Å²) < 4.78 is 31.2. The van der Waals surface area contributed by atoms with Crippen molar-refractivity contribution >= 4 is 27.6 Å². The Hall–Kier alpha value is -2.09. The third kappa shape index (κ3) is 4.31. The molecule has 0 heterocycles. The number of halogens is 1. The Morgan fingerprint density at radius 2 is 1.88 bits per heavy atom. The second-order valence-corrected chi connectivity index (χ2v) is 7.77. The highest BCUT2D eigenvalue weighted by molar-refractivity contribution is 7.89. The number of ether oxygens (including phenoxy) is 1. The van der Waals surface area contributed by atoms with Crippen molar-refractivity contribution in [1.82, 2.24) is 4.31 Å². The summed E-state index contributed by atoms with van der Waals surface area (Å²) in [5.74, 6) is -0.781. The largest absolute Gasteiger partial charge is 0.495 e. The molecule has 0 fully saturated rings. The van der Waals surface area contributed by atoms with Gasteiger partial charge in [-0.15, -0.1) is 0 Å². The number of carboxylic acids is 1. The molecule has 1 atom stereocenters. The number of methoxy groups -OCH3 is 1. The van der Waals surface area contributed by atoms with Crippen LogP contribution < -0.4 is 4.74 Å². The maximum Gasteiger partial charge on any atom is 0.322 e. The maximum atomic E-state index is 12.7. The zero-order chi connectivity index (χ0) is 18.6. The molecule has 0 radical (unpaired) electrons. The van der Waals surface area contributed by atoms with Gasteiger partial charge < -0.3 is 9.84 Å². The van der Waals surface area contributed by atoms with Crippen LogP contribution in [0.3, 0.4) is 0 Å². The second kappa shape index (κ2) is 7.86. The molecule has 0 spiro atoms. The average molecular weight is 384 g/mol. The van der Waals surface area contributed by atoms with Crippen molar-refractivity contribution < 1.29 is 23.1 Å². The number of carbonyl (C=O) groups is 1. The molecule has 0 aliphatic rings. The molecular formula is C17H18ClNO5S. The number of benzene rings is 2. The molecule has 0 aliphatic heterocycles. The molecule has 25 heavy (non-hydrogen) atoms. The predicted molar refractivity (Wildman–Crippen MR) is 94.5 cm³/mol. The fourth-order valence-corrected chi connectivity index (χ4v) is 3.97. The second-order valence-electron chi connectivity index (χ2n) is 5.36. The normalized spacial score (nSPS) is 12.8. The summed E-state index contributed by atoms with van der Waals surface area (Å²) in [6.45, 7) is 0. The Labute approximate surface area is 151 Å². The van der Waals surface area contributed by atoms with Crippen molar-refractivity contribution in [3.63, 3.8) is 0 Å². The first-order valence-electron chi connectivity index (χ1n) is 7.35. The van der Waals surface area contributed by atoms with Crippen LogP contribution in [0.15, 0.2) is 53.4 Å². The van der Waals surface area contributed by atoms with E-state index in [4.69, 9.17) is 16.3 Å². The summed E-state index contributed by atoms with van der Waals surface area (Å²) in [5.41, 5.74) is 0.591. The first-order chi connectivity index (χ1) is 11.8. The molecule has 0 bridgehead atoms. The zero-order valence-corrected chi connectivity index (χ0v) is 15.3. The number of rotatable bonds is 7. The minimum atomic E-state index is -3.93. The zero-order valence-electron chi connectivity index (χ0n) is 13.7. The van der Waals surface area contributed by atoms with Gasteiger partial charge in [-0.1, -0.05) is 35.9 Å². The van der Waals surface area contributed by atoms with Gasteiger partial charge >= 0.3 is 5.97 Å². The highest BCUT2D eigenvalue weighted by atomic mass is 35.5. The Balaban J connectivity index is 2.32. The first kappa shape index (κ1) is 19.2. The van der Waals surface area contributed by atoms with Crippen LogP contribution in [-0.4, -0.2) is 44.0 Å². The van der Waals surface area contributed by atoms with Crippen LogP contribution in [0.4, 0.5) is 0 Å². The fourth-order valence-electron chi connectivity index (χ4n) is 2.36. The summed E-state index contributed by atoms with van der Waals surface area (Å²) in [5, 5.41) is 9.85. The van der Waals surface area contributed by atoms with Crippen molar-refractivity contribution in [2.45, 2.75) is 17.4 Å². The number of likely N-dealkylation sites (N-methyl/N-ethyl adjacent to an activating group) is 1. The molecule has 6 nitrogen and oxygen atoms in total. The Morgan fingerprint density at radius 3 is 2.40 bits per heavy atom. The lowest BCUT2D eigenvalue weighted by molar-refractivity contribution is -0.141. The summed E-state index contributed by atoms with van der Waals surface area (Å²) in [4.78, 5) is 11.7. The van der Waals surface area contributed by atoms with Gasteiger partial charge in [-0.05, 0) is 36.2 Å². The standard InChI is InChI=1S/C17H18ClNO5S/c1-19(25(22,23)13-6-4-3-5-7-13)15(17(20)21)11-12-8-9-16(24-2)14(18)10-12/h3-10,15H,11H2,1-2H3,(H,20,21). The molecule has 8 heteroatoms. The quantitative estimate of drug-likeness (QED) is 0.794. The van der Waals surface area contributed by atoms with Gasteiger partial charge in [0.25, 0.3) is 0 Å². The van der Waals surface area contributed by atoms with Crippen molar-refractivity contribution in [1.29, 1.82) is 0 Å². The van der Waals surface area contributed by atoms with Crippen LogP contribution in [0.25, 0.3) is 0 Å². The molecule has 0 amide bonds. The van der Waals surface area contributed by atoms with Gasteiger partial charge in [0.05, 0.1) is 17.0 Å². The van der Waals surface area contributed by atoms with Crippen LogP contribution >= 0.6 is 11.6 Å². The van der Waals surface area contributed by atoms with E-state index in [1.807, 2.05) is 0 Å². The minimum Gasteiger partial charge on any atom is -0.495 e. The Morgan fingerprint density at radius 1 is 1.24 bits per heavy atom. The summed E-state index contributed by atoms with van der Waals surface area (Å²) in [7, 11) is -1.20. The van der Waals surface area contributed by atoms with E-state index < -0.39 is 22.0 Å². The molecule has 2 aromatic carbocycles. The van der Waals surface area contributed by atoms with Gasteiger partial charge in [0.2, 0.25) is 10.0 Å². The summed E-state index contributed by atoms with van der Waals surface area (Å²) in [6, 6.07) is 11.3. The number of aliphatic carboxylic acids is 1. The lowest BCUT2D eigenvalue weighted by atomic mass is 10.1. The smallest absolute Gasteiger partial charge is 0.322 e. The van der Waals surface area contributed by atoms with Crippen molar-refractivity contribution in [2.24, 2.45) is 0 Å². The molecule has 0 saturated carbocycles. The number of nitrogens with zero attached hydrogens (tertiary/aromatic N) is 1. The third-order valence-corrected chi connectivity index (χ3v) is 5.97. The van der Waals surface area contributed by atoms with Crippen molar-refractivity contribution in [2.75, 3.05) is 14.2 Å². The average Bonchev–Trinajstić information content (AvgIpc) is 2.59. The highest BCUT2D eigenvalue weighted by Crippen LogP contribution is 2.26. The molecule has 2 aromatic rings. The van der Waals surface area contributed by atoms with Gasteiger partial charge in [-0.2, -0.15) is 4.31 Å². The Bertz CT molecular complexity index is 855. The molecule has 1 unspecified atom stereocenters. The van der Waals surface area contributed by atoms with E-state index in [-0.39, 0.29) is 11.3 Å². The monoisotopic (exact) mass is 383 g/mol. The fraction of sp³-hybridized carbons (Fsp3) is 0.235. The molecule has 0 aliphatic carbocycles. The minimum absolute atomic E-state index is 0.0262. The maximum absolute atomic E-state index is 12.7. The van der Waals surface area contributed by atoms with E-state index in [0.717, 1.165) is 4.31 Å². The van der Waals surface area contributed by atoms with E-state index in [1.54, 1.807) is 36.4 Å². The molecular weight excluding hydrogens is 366 g/mol. The van der Waals surface area contributed by atoms with E-state index in [2.05, 4.69) is 0 Å². The van der Waals surface area contributed by atoms with Gasteiger partial charge in [-0.25, -0.2) is 8.42 Å². The molecule has 2 rings (SSSR count). The van der Waals surface area contributed by atoms with Gasteiger partial charge in [0, 0.05) is 7.05 Å². The van der Waals surface area contributed by atoms with E-state index in [1.165, 1.54) is 26.3 Å². The van der Waals surface area contributed by atoms with E-state index >= 15 is 0 Å². The van der Waals surface area contributed by atoms with Crippen molar-refractivity contribution in [3.8, 4) is 5.75 Å². The first-order valence-corrected chi connectivity index (χ1v) is 9.17. The van der Waals surface area contributed by atoms with E-state index in [0.29, 0.717) is 16.3 Å². The number of sulfonamides is 1. The SMILES string of the molecule is COc1ccc(CC(C(=O)O)N(C)S(=O)(=O)c2ccccc2)cc1Cl. The predicted octanol–water partition coefficient (Wildman–Crippen LogP) is 2.67. The summed E-state index contributed by atoms with van der Waals surface area (Å²) >= 11 is 6.05. The molecule has 0 aromatic heterocycles. The number of hydrogen-bond donors (Lipinski definition) is 1. The van der Waals surface area contributed by atoms with Crippen LogP contribution in [0.5, 0.6) is 5.75 Å². The topological polar surface area (TPSA) is 83.9 Å². The summed E-state index contributed by atoms with van der Waals surface area (Å²) in [6.07, 6.45) is -0.0262. The molecule has 134 valence electrons. The van der Waals surface area contributed by atoms with Gasteiger partial charge in [0.1, 0.15) is 11.8 Å². The van der Waals surface area contributed by atoms with E-state index in [9.17, 15) is 18.3 Å². The Kier molecular flexibility index (Phi) is 6.05. The molecule has 1 N–H and O–H groups in total. The lowest BCUT2D eigenvalue weighted by Gasteiger charge is -2.24. The lowest BCUT2D eigenvalue weighted by Crippen LogP contribution is -2.43. The highest BCUT2D eigenvalue weighted by Gasteiger charge is 2.33. The number of hydrogen-bond acceptors (Lipinski definition) is 4. The number of carboxylic acid groups (broad SMARTS) is 1. The van der Waals surface area contributed by atoms with Crippen LogP contribution in [0.2, 0.25) is 5.02 Å². The van der Waals surface area contributed by atoms with Gasteiger partial charge in [0.15, 0.2) is 0 Å². The van der Waals surface area contributed by atoms with Gasteiger partial charge in [-0.3, -0.25) is 4.79 Å². The van der Waals surface area contributed by atoms with Crippen LogP contribution in [0.1, 0.15) is 5.56 Å². The van der Waals surface area contributed by atoms with Crippen LogP contribution in [0, 0.1) is 0 Å². The third-order valence-electron chi connectivity index (χ3n) is 3.79. The van der Waals surface area contributed by atoms with Crippen molar-refractivity contribution in [3.05, 3.63) is 59.1 Å². The molecule has 0 saturated heterocycles.